The summed E-state index contributed by atoms with van der Waals surface area (Å²) in [6.45, 7) is 0.592. The Balaban J connectivity index is 2.48. The lowest BCUT2D eigenvalue weighted by Crippen LogP contribution is -2.45. The third-order valence-corrected chi connectivity index (χ3v) is 1.64. The van der Waals surface area contributed by atoms with E-state index in [9.17, 15) is 4.79 Å². The molecule has 1 rings (SSSR count). The van der Waals surface area contributed by atoms with E-state index in [1.54, 1.807) is 19.1 Å². The molecular formula is C6H13N5O. The van der Waals surface area contributed by atoms with Gasteiger partial charge in [0.25, 0.3) is 5.91 Å². The Labute approximate surface area is 70.8 Å². The number of hydrogen-bond donors (Lipinski definition) is 3. The van der Waals surface area contributed by atoms with E-state index in [0.29, 0.717) is 6.54 Å². The SMILES string of the molecule is CN=C(N)NC1CN(C)NC1=O. The minimum Gasteiger partial charge on any atom is -0.370 e. The van der Waals surface area contributed by atoms with Crippen LogP contribution in [0.4, 0.5) is 0 Å². The van der Waals surface area contributed by atoms with E-state index in [1.165, 1.54) is 0 Å². The van der Waals surface area contributed by atoms with E-state index in [-0.39, 0.29) is 17.9 Å². The Morgan fingerprint density at radius 3 is 3.00 bits per heavy atom. The predicted octanol–water partition coefficient (Wildman–Crippen LogP) is -2.13. The van der Waals surface area contributed by atoms with E-state index in [0.717, 1.165) is 0 Å². The van der Waals surface area contributed by atoms with Gasteiger partial charge in [-0.05, 0) is 0 Å². The average molecular weight is 171 g/mol. The summed E-state index contributed by atoms with van der Waals surface area (Å²) in [6.07, 6.45) is 0. The highest BCUT2D eigenvalue weighted by Crippen LogP contribution is 1.95. The molecule has 1 heterocycles. The first-order valence-electron chi connectivity index (χ1n) is 3.64. The van der Waals surface area contributed by atoms with Crippen molar-refractivity contribution in [3.05, 3.63) is 0 Å². The molecule has 6 heteroatoms. The molecule has 12 heavy (non-hydrogen) atoms. The predicted molar refractivity (Wildman–Crippen MR) is 45.2 cm³/mol. The topological polar surface area (TPSA) is 82.8 Å². The van der Waals surface area contributed by atoms with Crippen LogP contribution in [-0.2, 0) is 4.79 Å². The normalized spacial score (nSPS) is 25.7. The highest BCUT2D eigenvalue weighted by molar-refractivity contribution is 5.89. The van der Waals surface area contributed by atoms with Gasteiger partial charge in [-0.1, -0.05) is 0 Å². The van der Waals surface area contributed by atoms with Crippen LogP contribution in [0.5, 0.6) is 0 Å². The van der Waals surface area contributed by atoms with Crippen LogP contribution in [-0.4, -0.2) is 43.6 Å². The van der Waals surface area contributed by atoms with Gasteiger partial charge in [-0.15, -0.1) is 0 Å². The van der Waals surface area contributed by atoms with Gasteiger partial charge in [0.15, 0.2) is 5.96 Å². The van der Waals surface area contributed by atoms with Crippen LogP contribution in [0.2, 0.25) is 0 Å². The average Bonchev–Trinajstić information content (AvgIpc) is 2.30. The fourth-order valence-corrected chi connectivity index (χ4v) is 1.02. The van der Waals surface area contributed by atoms with Gasteiger partial charge in [0.05, 0.1) is 0 Å². The summed E-state index contributed by atoms with van der Waals surface area (Å²) < 4.78 is 0. The number of carbonyl (C=O) groups is 1. The van der Waals surface area contributed by atoms with Crippen molar-refractivity contribution >= 4 is 11.9 Å². The Kier molecular flexibility index (Phi) is 2.49. The molecule has 68 valence electrons. The van der Waals surface area contributed by atoms with Crippen molar-refractivity contribution in [3.8, 4) is 0 Å². The molecule has 0 radical (unpaired) electrons. The van der Waals surface area contributed by atoms with Gasteiger partial charge in [0.1, 0.15) is 6.04 Å². The van der Waals surface area contributed by atoms with Crippen LogP contribution in [0, 0.1) is 0 Å². The monoisotopic (exact) mass is 171 g/mol. The van der Waals surface area contributed by atoms with Crippen molar-refractivity contribution < 1.29 is 4.79 Å². The molecule has 1 fully saturated rings. The minimum absolute atomic E-state index is 0.0795. The lowest BCUT2D eigenvalue weighted by Gasteiger charge is -2.08. The van der Waals surface area contributed by atoms with Crippen LogP contribution in [0.25, 0.3) is 0 Å². The van der Waals surface area contributed by atoms with Crippen molar-refractivity contribution in [3.63, 3.8) is 0 Å². The number of amides is 1. The van der Waals surface area contributed by atoms with Gasteiger partial charge >= 0.3 is 0 Å². The van der Waals surface area contributed by atoms with Gasteiger partial charge in [-0.2, -0.15) is 0 Å². The van der Waals surface area contributed by atoms with Crippen LogP contribution in [0.3, 0.4) is 0 Å². The Bertz CT molecular complexity index is 214. The van der Waals surface area contributed by atoms with Gasteiger partial charge in [0, 0.05) is 20.6 Å². The van der Waals surface area contributed by atoms with Crippen molar-refractivity contribution in [2.75, 3.05) is 20.6 Å². The number of guanidine groups is 1. The summed E-state index contributed by atoms with van der Waals surface area (Å²) in [6, 6.07) is -0.293. The molecule has 1 aliphatic heterocycles. The molecule has 0 aliphatic carbocycles. The highest BCUT2D eigenvalue weighted by atomic mass is 16.2. The minimum atomic E-state index is -0.293. The van der Waals surface area contributed by atoms with Crippen molar-refractivity contribution in [2.24, 2.45) is 10.7 Å². The number of likely N-dealkylation sites (N-methyl/N-ethyl adjacent to an activating group) is 1. The smallest absolute Gasteiger partial charge is 0.258 e. The largest absolute Gasteiger partial charge is 0.370 e. The van der Waals surface area contributed by atoms with E-state index < -0.39 is 0 Å². The van der Waals surface area contributed by atoms with E-state index >= 15 is 0 Å². The molecule has 1 unspecified atom stereocenters. The first-order chi connectivity index (χ1) is 5.63. The molecule has 1 saturated heterocycles. The van der Waals surface area contributed by atoms with Crippen LogP contribution >= 0.6 is 0 Å². The lowest BCUT2D eigenvalue weighted by molar-refractivity contribution is -0.121. The molecule has 1 amide bonds. The van der Waals surface area contributed by atoms with Gasteiger partial charge < -0.3 is 11.1 Å². The molecule has 0 aromatic carbocycles. The second-order valence-electron chi connectivity index (χ2n) is 2.66. The molecule has 1 aliphatic rings. The van der Waals surface area contributed by atoms with Crippen LogP contribution in [0.15, 0.2) is 4.99 Å². The maximum atomic E-state index is 11.1. The standard InChI is InChI=1S/C6H13N5O/c1-8-6(7)9-4-3-11(2)10-5(4)12/h4H,3H2,1-2H3,(H,10,12)(H3,7,8,9). The van der Waals surface area contributed by atoms with Gasteiger partial charge in [-0.3, -0.25) is 15.2 Å². The fraction of sp³-hybridized carbons (Fsp3) is 0.667. The van der Waals surface area contributed by atoms with E-state index in [2.05, 4.69) is 15.7 Å². The maximum absolute atomic E-state index is 11.1. The van der Waals surface area contributed by atoms with Gasteiger partial charge in [0.2, 0.25) is 0 Å². The summed E-state index contributed by atoms with van der Waals surface area (Å²) in [5, 5.41) is 4.48. The number of carbonyl (C=O) groups excluding carboxylic acids is 1. The number of nitrogens with two attached hydrogens (primary N) is 1. The van der Waals surface area contributed by atoms with E-state index in [1.807, 2.05) is 0 Å². The third kappa shape index (κ3) is 1.85. The van der Waals surface area contributed by atoms with Crippen LogP contribution in [0.1, 0.15) is 0 Å². The van der Waals surface area contributed by atoms with Crippen LogP contribution < -0.4 is 16.5 Å². The molecule has 6 nitrogen and oxygen atoms in total. The molecule has 0 aromatic rings. The van der Waals surface area contributed by atoms with E-state index in [4.69, 9.17) is 5.73 Å². The first kappa shape index (κ1) is 8.79. The Morgan fingerprint density at radius 1 is 1.92 bits per heavy atom. The molecule has 0 spiro atoms. The zero-order chi connectivity index (χ0) is 9.14. The summed E-state index contributed by atoms with van der Waals surface area (Å²) in [5.74, 6) is 0.203. The highest BCUT2D eigenvalue weighted by Gasteiger charge is 2.28. The Hall–Kier alpha value is -1.30. The summed E-state index contributed by atoms with van der Waals surface area (Å²) in [4.78, 5) is 14.8. The molecule has 1 atom stereocenters. The second-order valence-corrected chi connectivity index (χ2v) is 2.66. The summed E-state index contributed by atoms with van der Waals surface area (Å²) in [5.41, 5.74) is 8.02. The molecule has 0 saturated carbocycles. The molecule has 0 bridgehead atoms. The second kappa shape index (κ2) is 3.40. The number of aliphatic imine (C=N–C) groups is 1. The number of rotatable bonds is 1. The zero-order valence-electron chi connectivity index (χ0n) is 7.16. The number of hydrazine groups is 1. The fourth-order valence-electron chi connectivity index (χ4n) is 1.02. The maximum Gasteiger partial charge on any atom is 0.258 e. The van der Waals surface area contributed by atoms with Crippen molar-refractivity contribution in [2.45, 2.75) is 6.04 Å². The van der Waals surface area contributed by atoms with Gasteiger partial charge in [-0.25, -0.2) is 5.01 Å². The van der Waals surface area contributed by atoms with Crippen molar-refractivity contribution in [1.29, 1.82) is 0 Å². The lowest BCUT2D eigenvalue weighted by atomic mass is 10.3. The molecular weight excluding hydrogens is 158 g/mol. The summed E-state index contributed by atoms with van der Waals surface area (Å²) in [7, 11) is 3.36. The number of nitrogens with zero attached hydrogens (tertiary/aromatic N) is 2. The third-order valence-electron chi connectivity index (χ3n) is 1.64. The zero-order valence-corrected chi connectivity index (χ0v) is 7.16. The Morgan fingerprint density at radius 2 is 2.58 bits per heavy atom. The van der Waals surface area contributed by atoms with Crippen molar-refractivity contribution in [1.82, 2.24) is 15.8 Å². The first-order valence-corrected chi connectivity index (χ1v) is 3.64. The summed E-state index contributed by atoms with van der Waals surface area (Å²) >= 11 is 0. The molecule has 4 N–H and O–H groups in total. The molecule has 0 aromatic heterocycles. The quantitative estimate of drug-likeness (QED) is 0.311. The number of nitrogens with one attached hydrogen (secondary N) is 2. The number of hydrogen-bond acceptors (Lipinski definition) is 3.